The zero-order valence-electron chi connectivity index (χ0n) is 22.4. The van der Waals surface area contributed by atoms with Crippen molar-refractivity contribution in [3.63, 3.8) is 0 Å². The Balaban J connectivity index is 1.35. The number of amides is 2. The highest BCUT2D eigenvalue weighted by Crippen LogP contribution is 2.56. The lowest BCUT2D eigenvalue weighted by atomic mass is 9.53. The number of nitrogens with zero attached hydrogens (tertiary/aromatic N) is 3. The monoisotopic (exact) mass is 522 g/mol. The molecule has 5 fully saturated rings. The van der Waals surface area contributed by atoms with Crippen molar-refractivity contribution < 1.29 is 9.59 Å². The van der Waals surface area contributed by atoms with Crippen LogP contribution in [0.4, 0.5) is 0 Å². The molecule has 2 heterocycles. The molecule has 6 nitrogen and oxygen atoms in total. The highest BCUT2D eigenvalue weighted by molar-refractivity contribution is 6.30. The second kappa shape index (κ2) is 8.86. The Kier molecular flexibility index (Phi) is 5.98. The van der Waals surface area contributed by atoms with Gasteiger partial charge in [0.1, 0.15) is 6.04 Å². The van der Waals surface area contributed by atoms with Crippen molar-refractivity contribution in [2.75, 3.05) is 0 Å². The average molecular weight is 523 g/mol. The van der Waals surface area contributed by atoms with Gasteiger partial charge in [-0.05, 0) is 107 Å². The zero-order chi connectivity index (χ0) is 26.1. The Morgan fingerprint density at radius 2 is 1.68 bits per heavy atom. The lowest BCUT2D eigenvalue weighted by molar-refractivity contribution is -0.141. The van der Waals surface area contributed by atoms with Crippen LogP contribution in [0.1, 0.15) is 95.9 Å². The van der Waals surface area contributed by atoms with Gasteiger partial charge in [0.05, 0.1) is 17.3 Å². The van der Waals surface area contributed by atoms with Gasteiger partial charge in [-0.15, -0.1) is 0 Å². The largest absolute Gasteiger partial charge is 0.349 e. The smallest absolute Gasteiger partial charge is 0.243 e. The first-order chi connectivity index (χ1) is 17.5. The van der Waals surface area contributed by atoms with Crippen LogP contribution in [0.5, 0.6) is 0 Å². The van der Waals surface area contributed by atoms with E-state index in [9.17, 15) is 9.59 Å². The summed E-state index contributed by atoms with van der Waals surface area (Å²) in [6, 6.07) is 8.92. The average Bonchev–Trinajstić information content (AvgIpc) is 3.43. The summed E-state index contributed by atoms with van der Waals surface area (Å²) in [6.07, 6.45) is 9.81. The van der Waals surface area contributed by atoms with Crippen LogP contribution in [-0.4, -0.2) is 38.1 Å². The fourth-order valence-electron chi connectivity index (χ4n) is 8.40. The summed E-state index contributed by atoms with van der Waals surface area (Å²) in [5.41, 5.74) is 1.61. The zero-order valence-corrected chi connectivity index (χ0v) is 23.2. The molecule has 1 aliphatic heterocycles. The first-order valence-electron chi connectivity index (χ1n) is 13.9. The van der Waals surface area contributed by atoms with Crippen molar-refractivity contribution in [3.05, 3.63) is 52.8 Å². The van der Waals surface area contributed by atoms with Gasteiger partial charge in [-0.3, -0.25) is 14.3 Å². The van der Waals surface area contributed by atoms with Crippen LogP contribution in [0.3, 0.4) is 0 Å². The number of likely N-dealkylation sites (tertiary alicyclic amines) is 1. The Morgan fingerprint density at radius 3 is 2.22 bits per heavy atom. The molecule has 1 saturated heterocycles. The van der Waals surface area contributed by atoms with Gasteiger partial charge >= 0.3 is 0 Å². The van der Waals surface area contributed by atoms with Crippen LogP contribution >= 0.6 is 11.6 Å². The summed E-state index contributed by atoms with van der Waals surface area (Å²) in [6.45, 7) is 7.95. The number of rotatable bonds is 4. The van der Waals surface area contributed by atoms with E-state index in [2.05, 4.69) is 26.1 Å². The topological polar surface area (TPSA) is 67.2 Å². The molecule has 37 heavy (non-hydrogen) atoms. The van der Waals surface area contributed by atoms with Gasteiger partial charge in [-0.1, -0.05) is 23.7 Å². The number of aromatic nitrogens is 2. The number of hydrogen-bond donors (Lipinski definition) is 1. The molecule has 7 rings (SSSR count). The highest BCUT2D eigenvalue weighted by Gasteiger charge is 2.54. The van der Waals surface area contributed by atoms with E-state index in [0.29, 0.717) is 11.4 Å². The number of hydrogen-bond acceptors (Lipinski definition) is 3. The minimum Gasteiger partial charge on any atom is -0.349 e. The molecule has 0 spiro atoms. The van der Waals surface area contributed by atoms with Crippen molar-refractivity contribution in [1.29, 1.82) is 0 Å². The van der Waals surface area contributed by atoms with Crippen LogP contribution in [0.25, 0.3) is 0 Å². The third-order valence-corrected chi connectivity index (χ3v) is 9.69. The lowest BCUT2D eigenvalue weighted by Gasteiger charge is -2.57. The summed E-state index contributed by atoms with van der Waals surface area (Å²) < 4.78 is 1.97. The predicted molar refractivity (Wildman–Crippen MR) is 144 cm³/mol. The standard InChI is InChI=1S/C30H39ClN4O2/c1-18(36)35-26(28(37)32-30-15-19-10-20(16-30)12-21(11-19)17-30)14-24(25-8-9-34(33-25)29(2,3)4)27(35)22-6-5-7-23(31)13-22/h5-9,13,19-21,24,26-27H,10-12,14-17H2,1-4H3,(H,32,37)/t19?,20?,21?,24-,26+,27+,30?/m1/s1. The van der Waals surface area contributed by atoms with Gasteiger partial charge in [-0.2, -0.15) is 5.10 Å². The van der Waals surface area contributed by atoms with Gasteiger partial charge in [0.15, 0.2) is 0 Å². The summed E-state index contributed by atoms with van der Waals surface area (Å²) in [5, 5.41) is 9.12. The molecule has 2 amide bonds. The summed E-state index contributed by atoms with van der Waals surface area (Å²) in [4.78, 5) is 29.1. The fourth-order valence-corrected chi connectivity index (χ4v) is 8.60. The first kappa shape index (κ1) is 25.0. The van der Waals surface area contributed by atoms with Crippen molar-refractivity contribution in [2.24, 2.45) is 17.8 Å². The van der Waals surface area contributed by atoms with Crippen LogP contribution in [0, 0.1) is 17.8 Å². The van der Waals surface area contributed by atoms with Gasteiger partial charge in [0.2, 0.25) is 11.8 Å². The van der Waals surface area contributed by atoms with Crippen LogP contribution in [0.15, 0.2) is 36.5 Å². The maximum absolute atomic E-state index is 14.1. The second-order valence-corrected chi connectivity index (χ2v) is 13.8. The number of nitrogens with one attached hydrogen (secondary N) is 1. The molecule has 1 aromatic heterocycles. The molecule has 0 unspecified atom stereocenters. The van der Waals surface area contributed by atoms with Crippen LogP contribution in [0.2, 0.25) is 5.02 Å². The van der Waals surface area contributed by atoms with Crippen molar-refractivity contribution >= 4 is 23.4 Å². The molecule has 2 aromatic rings. The van der Waals surface area contributed by atoms with E-state index < -0.39 is 6.04 Å². The Morgan fingerprint density at radius 1 is 1.03 bits per heavy atom. The molecule has 3 atom stereocenters. The molecule has 4 aliphatic carbocycles. The highest BCUT2D eigenvalue weighted by atomic mass is 35.5. The van der Waals surface area contributed by atoms with Gasteiger partial charge in [-0.25, -0.2) is 0 Å². The van der Waals surface area contributed by atoms with E-state index in [-0.39, 0.29) is 34.9 Å². The van der Waals surface area contributed by atoms with E-state index in [1.807, 2.05) is 46.1 Å². The SMILES string of the molecule is CC(=O)N1[C@H](C(=O)NC23CC4CC(CC(C4)C2)C3)C[C@H](c2ccn(C(C)(C)C)n2)[C@@H]1c1cccc(Cl)c1. The van der Waals surface area contributed by atoms with Gasteiger partial charge in [0.25, 0.3) is 0 Å². The van der Waals surface area contributed by atoms with E-state index in [0.717, 1.165) is 48.3 Å². The normalized spacial score (nSPS) is 34.7. The molecule has 5 aliphatic rings. The quantitative estimate of drug-likeness (QED) is 0.550. The number of carbonyl (C=O) groups is 2. The van der Waals surface area contributed by atoms with E-state index in [1.54, 1.807) is 6.92 Å². The van der Waals surface area contributed by atoms with Crippen LogP contribution in [-0.2, 0) is 15.1 Å². The summed E-state index contributed by atoms with van der Waals surface area (Å²) >= 11 is 6.41. The first-order valence-corrected chi connectivity index (χ1v) is 14.3. The molecule has 0 radical (unpaired) electrons. The lowest BCUT2D eigenvalue weighted by Crippen LogP contribution is -2.62. The molecule has 198 valence electrons. The van der Waals surface area contributed by atoms with Crippen LogP contribution < -0.4 is 5.32 Å². The Hall–Kier alpha value is -2.34. The Bertz CT molecular complexity index is 1180. The van der Waals surface area contributed by atoms with E-state index >= 15 is 0 Å². The summed E-state index contributed by atoms with van der Waals surface area (Å²) in [7, 11) is 0. The van der Waals surface area contributed by atoms with Crippen molar-refractivity contribution in [3.8, 4) is 0 Å². The Labute approximate surface area is 225 Å². The second-order valence-electron chi connectivity index (χ2n) is 13.3. The molecular weight excluding hydrogens is 484 g/mol. The molecule has 1 aromatic carbocycles. The van der Waals surface area contributed by atoms with Gasteiger partial charge in [0, 0.05) is 29.6 Å². The fraction of sp³-hybridized carbons (Fsp3) is 0.633. The van der Waals surface area contributed by atoms with Crippen molar-refractivity contribution in [1.82, 2.24) is 20.0 Å². The minimum absolute atomic E-state index is 0.00179. The molecule has 4 bridgehead atoms. The predicted octanol–water partition coefficient (Wildman–Crippen LogP) is 5.82. The van der Waals surface area contributed by atoms with Crippen molar-refractivity contribution in [2.45, 2.75) is 102 Å². The third kappa shape index (κ3) is 4.49. The number of halogens is 1. The van der Waals surface area contributed by atoms with E-state index in [1.165, 1.54) is 19.3 Å². The molecular formula is C30H39ClN4O2. The summed E-state index contributed by atoms with van der Waals surface area (Å²) in [5.74, 6) is 2.04. The molecule has 7 heteroatoms. The number of benzene rings is 1. The molecule has 4 saturated carbocycles. The maximum Gasteiger partial charge on any atom is 0.243 e. The maximum atomic E-state index is 14.1. The third-order valence-electron chi connectivity index (χ3n) is 9.45. The van der Waals surface area contributed by atoms with E-state index in [4.69, 9.17) is 16.7 Å². The minimum atomic E-state index is -0.528. The number of carbonyl (C=O) groups excluding carboxylic acids is 2. The molecule has 1 N–H and O–H groups in total. The van der Waals surface area contributed by atoms with Gasteiger partial charge < -0.3 is 10.2 Å².